The Hall–Kier alpha value is -1.84. The topological polar surface area (TPSA) is 57.5 Å². The molecule has 1 fully saturated rings. The van der Waals surface area contributed by atoms with E-state index in [2.05, 4.69) is 0 Å². The molecule has 132 valence electrons. The molecule has 0 aliphatic heterocycles. The highest BCUT2D eigenvalue weighted by Crippen LogP contribution is 2.35. The molecule has 0 bridgehead atoms. The predicted octanol–water partition coefficient (Wildman–Crippen LogP) is 5.29. The van der Waals surface area contributed by atoms with E-state index in [0.717, 1.165) is 0 Å². The molecular formula is C21H23ClO3. The third-order valence-electron chi connectivity index (χ3n) is 5.17. The van der Waals surface area contributed by atoms with Crippen molar-refractivity contribution in [3.05, 3.63) is 70.2 Å². The van der Waals surface area contributed by atoms with Gasteiger partial charge in [0.2, 0.25) is 0 Å². The summed E-state index contributed by atoms with van der Waals surface area (Å²) in [6, 6.07) is 14.4. The minimum absolute atomic E-state index is 0.549. The highest BCUT2D eigenvalue weighted by Gasteiger charge is 2.29. The number of aliphatic carboxylic acids is 1. The van der Waals surface area contributed by atoms with E-state index in [4.69, 9.17) is 11.6 Å². The zero-order valence-electron chi connectivity index (χ0n) is 14.1. The fraction of sp³-hybridized carbons (Fsp3) is 0.381. The van der Waals surface area contributed by atoms with E-state index in [-0.39, 0.29) is 0 Å². The van der Waals surface area contributed by atoms with Gasteiger partial charge in [0.15, 0.2) is 0 Å². The Kier molecular flexibility index (Phi) is 5.77. The predicted molar refractivity (Wildman–Crippen MR) is 99.1 cm³/mol. The van der Waals surface area contributed by atoms with Gasteiger partial charge in [0.25, 0.3) is 0 Å². The maximum Gasteiger partial charge on any atom is 0.314 e. The highest BCUT2D eigenvalue weighted by molar-refractivity contribution is 6.30. The van der Waals surface area contributed by atoms with Crippen molar-refractivity contribution < 1.29 is 15.0 Å². The number of benzene rings is 2. The van der Waals surface area contributed by atoms with Crippen LogP contribution in [0.2, 0.25) is 5.02 Å². The summed E-state index contributed by atoms with van der Waals surface area (Å²) in [5, 5.41) is 20.8. The van der Waals surface area contributed by atoms with E-state index >= 15 is 0 Å². The summed E-state index contributed by atoms with van der Waals surface area (Å²) < 4.78 is 0. The number of halogens is 1. The van der Waals surface area contributed by atoms with E-state index in [1.807, 2.05) is 24.3 Å². The molecule has 3 rings (SSSR count). The molecule has 2 aromatic carbocycles. The first-order chi connectivity index (χ1) is 12.1. The first kappa shape index (κ1) is 18.0. The maximum absolute atomic E-state index is 11.8. The standard InChI is InChI=1S/C21H23ClO3/c22-18-12-10-17(11-13-18)20(23)19(21(24)25)16-8-6-15(7-9-16)14-4-2-1-3-5-14/h6-14,19-20,23H,1-5H2,(H,24,25)/t19-,20-/m0/s1. The first-order valence-corrected chi connectivity index (χ1v) is 9.20. The Morgan fingerprint density at radius 1 is 0.920 bits per heavy atom. The van der Waals surface area contributed by atoms with Gasteiger partial charge < -0.3 is 10.2 Å². The summed E-state index contributed by atoms with van der Waals surface area (Å²) in [4.78, 5) is 11.8. The molecule has 1 aliphatic rings. The van der Waals surface area contributed by atoms with Crippen LogP contribution in [0.15, 0.2) is 48.5 Å². The fourth-order valence-electron chi connectivity index (χ4n) is 3.72. The number of carboxylic acid groups (broad SMARTS) is 1. The summed E-state index contributed by atoms with van der Waals surface area (Å²) in [5.74, 6) is -1.46. The second-order valence-electron chi connectivity index (χ2n) is 6.81. The van der Waals surface area contributed by atoms with E-state index in [1.165, 1.54) is 37.7 Å². The van der Waals surface area contributed by atoms with Crippen molar-refractivity contribution in [2.24, 2.45) is 0 Å². The molecule has 4 heteroatoms. The number of aliphatic hydroxyl groups excluding tert-OH is 1. The number of hydrogen-bond donors (Lipinski definition) is 2. The van der Waals surface area contributed by atoms with Crippen LogP contribution in [0.1, 0.15) is 66.7 Å². The van der Waals surface area contributed by atoms with Crippen molar-refractivity contribution in [2.75, 3.05) is 0 Å². The van der Waals surface area contributed by atoms with Crippen molar-refractivity contribution >= 4 is 17.6 Å². The summed E-state index contributed by atoms with van der Waals surface area (Å²) in [7, 11) is 0. The largest absolute Gasteiger partial charge is 0.481 e. The number of hydrogen-bond acceptors (Lipinski definition) is 2. The van der Waals surface area contributed by atoms with Crippen LogP contribution in [0.3, 0.4) is 0 Å². The average Bonchev–Trinajstić information content (AvgIpc) is 2.63. The molecule has 1 aliphatic carbocycles. The molecule has 0 amide bonds. The molecule has 2 aromatic rings. The lowest BCUT2D eigenvalue weighted by atomic mass is 9.82. The molecular weight excluding hydrogens is 336 g/mol. The molecule has 2 atom stereocenters. The molecule has 0 radical (unpaired) electrons. The van der Waals surface area contributed by atoms with Crippen LogP contribution in [-0.2, 0) is 4.79 Å². The van der Waals surface area contributed by atoms with Gasteiger partial charge in [0.1, 0.15) is 5.92 Å². The minimum atomic E-state index is -1.12. The van der Waals surface area contributed by atoms with Gasteiger partial charge in [0, 0.05) is 5.02 Å². The molecule has 0 heterocycles. The van der Waals surface area contributed by atoms with Crippen molar-refractivity contribution in [2.45, 2.75) is 50.0 Å². The Bertz CT molecular complexity index is 703. The SMILES string of the molecule is O=C(O)[C@@H](c1ccc(C2CCCCC2)cc1)[C@@H](O)c1ccc(Cl)cc1. The van der Waals surface area contributed by atoms with Crippen molar-refractivity contribution in [3.8, 4) is 0 Å². The van der Waals surface area contributed by atoms with Crippen LogP contribution in [0.5, 0.6) is 0 Å². The number of carbonyl (C=O) groups is 1. The van der Waals surface area contributed by atoms with Gasteiger partial charge >= 0.3 is 5.97 Å². The normalized spacial score (nSPS) is 17.8. The van der Waals surface area contributed by atoms with Crippen LogP contribution in [0, 0.1) is 0 Å². The highest BCUT2D eigenvalue weighted by atomic mass is 35.5. The van der Waals surface area contributed by atoms with Gasteiger partial charge in [-0.2, -0.15) is 0 Å². The van der Waals surface area contributed by atoms with Gasteiger partial charge in [-0.3, -0.25) is 4.79 Å². The Morgan fingerprint density at radius 3 is 2.04 bits per heavy atom. The van der Waals surface area contributed by atoms with Crippen molar-refractivity contribution in [3.63, 3.8) is 0 Å². The van der Waals surface area contributed by atoms with Gasteiger partial charge in [-0.05, 0) is 47.6 Å². The van der Waals surface area contributed by atoms with Gasteiger partial charge in [-0.15, -0.1) is 0 Å². The molecule has 0 unspecified atom stereocenters. The van der Waals surface area contributed by atoms with E-state index in [0.29, 0.717) is 22.1 Å². The monoisotopic (exact) mass is 358 g/mol. The molecule has 2 N–H and O–H groups in total. The molecule has 3 nitrogen and oxygen atoms in total. The lowest BCUT2D eigenvalue weighted by molar-refractivity contribution is -0.141. The van der Waals surface area contributed by atoms with Crippen LogP contribution < -0.4 is 0 Å². The van der Waals surface area contributed by atoms with E-state index < -0.39 is 18.0 Å². The number of rotatable bonds is 5. The number of carboxylic acids is 1. The van der Waals surface area contributed by atoms with Crippen LogP contribution in [0.4, 0.5) is 0 Å². The lowest BCUT2D eigenvalue weighted by Gasteiger charge is -2.23. The molecule has 0 spiro atoms. The average molecular weight is 359 g/mol. The van der Waals surface area contributed by atoms with E-state index in [9.17, 15) is 15.0 Å². The van der Waals surface area contributed by atoms with E-state index in [1.54, 1.807) is 24.3 Å². The summed E-state index contributed by atoms with van der Waals surface area (Å²) in [6.45, 7) is 0. The number of aliphatic hydroxyl groups is 1. The quantitative estimate of drug-likeness (QED) is 0.763. The second kappa shape index (κ2) is 8.03. The van der Waals surface area contributed by atoms with Gasteiger partial charge in [0.05, 0.1) is 6.10 Å². The Balaban J connectivity index is 1.82. The van der Waals surface area contributed by atoms with Crippen LogP contribution >= 0.6 is 11.6 Å². The molecule has 25 heavy (non-hydrogen) atoms. The molecule has 1 saturated carbocycles. The molecule has 0 aromatic heterocycles. The van der Waals surface area contributed by atoms with Crippen molar-refractivity contribution in [1.82, 2.24) is 0 Å². The zero-order chi connectivity index (χ0) is 17.8. The summed E-state index contributed by atoms with van der Waals surface area (Å²) >= 11 is 5.87. The smallest absolute Gasteiger partial charge is 0.314 e. The summed E-state index contributed by atoms with van der Waals surface area (Å²) in [6.07, 6.45) is 5.13. The van der Waals surface area contributed by atoms with Gasteiger partial charge in [-0.25, -0.2) is 0 Å². The van der Waals surface area contributed by atoms with Gasteiger partial charge in [-0.1, -0.05) is 67.3 Å². The fourth-order valence-corrected chi connectivity index (χ4v) is 3.85. The Labute approximate surface area is 153 Å². The summed E-state index contributed by atoms with van der Waals surface area (Å²) in [5.41, 5.74) is 2.44. The Morgan fingerprint density at radius 2 is 1.48 bits per heavy atom. The third kappa shape index (κ3) is 4.23. The zero-order valence-corrected chi connectivity index (χ0v) is 14.8. The lowest BCUT2D eigenvalue weighted by Crippen LogP contribution is -2.20. The maximum atomic E-state index is 11.8. The third-order valence-corrected chi connectivity index (χ3v) is 5.42. The second-order valence-corrected chi connectivity index (χ2v) is 7.25. The van der Waals surface area contributed by atoms with Crippen LogP contribution in [0.25, 0.3) is 0 Å². The molecule has 0 saturated heterocycles. The minimum Gasteiger partial charge on any atom is -0.481 e. The first-order valence-electron chi connectivity index (χ1n) is 8.82. The van der Waals surface area contributed by atoms with Crippen LogP contribution in [-0.4, -0.2) is 16.2 Å². The van der Waals surface area contributed by atoms with Crippen molar-refractivity contribution in [1.29, 1.82) is 0 Å².